The van der Waals surface area contributed by atoms with E-state index in [1.165, 1.54) is 30.3 Å². The number of nitro groups is 1. The van der Waals surface area contributed by atoms with Crippen LogP contribution < -0.4 is 15.6 Å². The average molecular weight is 419 g/mol. The Morgan fingerprint density at radius 2 is 1.77 bits per heavy atom. The Balaban J connectivity index is 1.89. The topological polar surface area (TPSA) is 111 Å². The number of carbonyl (C=O) groups excluding carboxylic acids is 2. The number of nitrogens with zero attached hydrogens (tertiary/aromatic N) is 1. The van der Waals surface area contributed by atoms with Gasteiger partial charge < -0.3 is 4.74 Å². The van der Waals surface area contributed by atoms with Crippen molar-refractivity contribution in [3.63, 3.8) is 0 Å². The smallest absolute Gasteiger partial charge is 0.288 e. The van der Waals surface area contributed by atoms with Gasteiger partial charge in [-0.05, 0) is 30.3 Å². The molecular weight excluding hydrogens is 409 g/mol. The summed E-state index contributed by atoms with van der Waals surface area (Å²) in [6.07, 6.45) is 0. The number of nitrogens with one attached hydrogen (secondary N) is 2. The first-order valence-electron chi connectivity index (χ1n) is 6.89. The number of hydrogen-bond donors (Lipinski definition) is 2. The standard InChI is InChI=1S/C15H10Cl3N3O5/c16-9-2-4-13(11(18)6-9)26-7-14(22)19-20-15(23)8-1-3-10(17)12(5-8)21(24)25/h1-6H,7H2,(H,19,22)(H,20,23). The molecule has 0 saturated carbocycles. The molecule has 0 aliphatic carbocycles. The molecule has 0 radical (unpaired) electrons. The summed E-state index contributed by atoms with van der Waals surface area (Å²) in [4.78, 5) is 33.7. The van der Waals surface area contributed by atoms with Crippen LogP contribution in [0.4, 0.5) is 5.69 Å². The highest BCUT2D eigenvalue weighted by Crippen LogP contribution is 2.27. The van der Waals surface area contributed by atoms with E-state index >= 15 is 0 Å². The Labute approximate surface area is 162 Å². The molecule has 2 aromatic carbocycles. The van der Waals surface area contributed by atoms with E-state index in [4.69, 9.17) is 39.5 Å². The van der Waals surface area contributed by atoms with Crippen LogP contribution in [0.15, 0.2) is 36.4 Å². The molecule has 0 unspecified atom stereocenters. The van der Waals surface area contributed by atoms with Gasteiger partial charge in [0.2, 0.25) is 0 Å². The molecule has 26 heavy (non-hydrogen) atoms. The van der Waals surface area contributed by atoms with Crippen LogP contribution in [0.25, 0.3) is 0 Å². The van der Waals surface area contributed by atoms with E-state index in [-0.39, 0.29) is 21.4 Å². The second-order valence-corrected chi connectivity index (χ2v) is 6.04. The molecule has 2 rings (SSSR count). The average Bonchev–Trinajstić information content (AvgIpc) is 2.59. The minimum atomic E-state index is -0.761. The molecule has 0 atom stereocenters. The van der Waals surface area contributed by atoms with Gasteiger partial charge in [0.05, 0.1) is 9.95 Å². The summed E-state index contributed by atoms with van der Waals surface area (Å²) in [5, 5.41) is 11.3. The van der Waals surface area contributed by atoms with E-state index in [9.17, 15) is 19.7 Å². The van der Waals surface area contributed by atoms with Gasteiger partial charge in [0, 0.05) is 16.7 Å². The number of benzene rings is 2. The van der Waals surface area contributed by atoms with Crippen molar-refractivity contribution >= 4 is 52.3 Å². The lowest BCUT2D eigenvalue weighted by Gasteiger charge is -2.10. The molecule has 0 spiro atoms. The first-order valence-corrected chi connectivity index (χ1v) is 8.02. The summed E-state index contributed by atoms with van der Waals surface area (Å²) in [5.74, 6) is -1.19. The van der Waals surface area contributed by atoms with Crippen LogP contribution in [0.5, 0.6) is 5.75 Å². The van der Waals surface area contributed by atoms with Crippen LogP contribution in [0, 0.1) is 10.1 Å². The number of nitro benzene ring substituents is 1. The maximum atomic E-state index is 11.9. The van der Waals surface area contributed by atoms with Crippen molar-refractivity contribution < 1.29 is 19.2 Å². The summed E-state index contributed by atoms with van der Waals surface area (Å²) < 4.78 is 5.20. The molecule has 0 heterocycles. The number of rotatable bonds is 5. The fraction of sp³-hybridized carbons (Fsp3) is 0.0667. The highest BCUT2D eigenvalue weighted by atomic mass is 35.5. The zero-order valence-electron chi connectivity index (χ0n) is 12.8. The summed E-state index contributed by atoms with van der Waals surface area (Å²) >= 11 is 17.3. The molecule has 0 aliphatic heterocycles. The monoisotopic (exact) mass is 417 g/mol. The third-order valence-corrected chi connectivity index (χ3v) is 3.82. The van der Waals surface area contributed by atoms with Gasteiger partial charge in [-0.15, -0.1) is 0 Å². The van der Waals surface area contributed by atoms with Crippen LogP contribution in [-0.2, 0) is 4.79 Å². The van der Waals surface area contributed by atoms with E-state index in [0.29, 0.717) is 5.02 Å². The van der Waals surface area contributed by atoms with Crippen molar-refractivity contribution in [3.05, 3.63) is 67.1 Å². The Hall–Kier alpha value is -2.55. The number of hydrogen-bond acceptors (Lipinski definition) is 5. The molecule has 0 bridgehead atoms. The summed E-state index contributed by atoms with van der Waals surface area (Å²) in [7, 11) is 0. The molecule has 2 N–H and O–H groups in total. The lowest BCUT2D eigenvalue weighted by Crippen LogP contribution is -2.43. The SMILES string of the molecule is O=C(COc1ccc(Cl)cc1Cl)NNC(=O)c1ccc(Cl)c([N+](=O)[O-])c1. The fourth-order valence-electron chi connectivity index (χ4n) is 1.76. The number of halogens is 3. The number of amides is 2. The molecule has 8 nitrogen and oxygen atoms in total. The van der Waals surface area contributed by atoms with E-state index in [1.54, 1.807) is 0 Å². The van der Waals surface area contributed by atoms with Gasteiger partial charge in [-0.2, -0.15) is 0 Å². The number of ether oxygens (including phenoxy) is 1. The second kappa shape index (κ2) is 8.70. The Morgan fingerprint density at radius 3 is 2.42 bits per heavy atom. The van der Waals surface area contributed by atoms with Crippen LogP contribution in [-0.4, -0.2) is 23.3 Å². The van der Waals surface area contributed by atoms with Gasteiger partial charge >= 0.3 is 0 Å². The van der Waals surface area contributed by atoms with E-state index in [1.807, 2.05) is 0 Å². The van der Waals surface area contributed by atoms with E-state index < -0.39 is 29.0 Å². The third-order valence-electron chi connectivity index (χ3n) is 2.97. The van der Waals surface area contributed by atoms with Crippen molar-refractivity contribution in [2.75, 3.05) is 6.61 Å². The molecular formula is C15H10Cl3N3O5. The summed E-state index contributed by atoms with van der Waals surface area (Å²) in [5.41, 5.74) is 3.74. The zero-order chi connectivity index (χ0) is 19.3. The van der Waals surface area contributed by atoms with Gasteiger partial charge in [0.25, 0.3) is 17.5 Å². The number of hydrazine groups is 1. The molecule has 2 aromatic rings. The maximum absolute atomic E-state index is 11.9. The van der Waals surface area contributed by atoms with Gasteiger partial charge in [-0.25, -0.2) is 0 Å². The van der Waals surface area contributed by atoms with Gasteiger partial charge in [-0.1, -0.05) is 34.8 Å². The molecule has 11 heteroatoms. The molecule has 136 valence electrons. The van der Waals surface area contributed by atoms with E-state index in [2.05, 4.69) is 10.9 Å². The Morgan fingerprint density at radius 1 is 1.04 bits per heavy atom. The van der Waals surface area contributed by atoms with Gasteiger partial charge in [0.1, 0.15) is 10.8 Å². The molecule has 0 aromatic heterocycles. The second-order valence-electron chi connectivity index (χ2n) is 4.79. The van der Waals surface area contributed by atoms with Crippen LogP contribution in [0.2, 0.25) is 15.1 Å². The summed E-state index contributed by atoms with van der Waals surface area (Å²) in [6.45, 7) is -0.428. The van der Waals surface area contributed by atoms with Crippen molar-refractivity contribution in [3.8, 4) is 5.75 Å². The zero-order valence-corrected chi connectivity index (χ0v) is 15.1. The Kier molecular flexibility index (Phi) is 6.62. The van der Waals surface area contributed by atoms with Crippen molar-refractivity contribution in [2.45, 2.75) is 0 Å². The highest BCUT2D eigenvalue weighted by Gasteiger charge is 2.16. The molecule has 0 fully saturated rings. The molecule has 0 aliphatic rings. The minimum absolute atomic E-state index is 0.0527. The van der Waals surface area contributed by atoms with Crippen LogP contribution in [0.3, 0.4) is 0 Å². The van der Waals surface area contributed by atoms with Crippen LogP contribution >= 0.6 is 34.8 Å². The lowest BCUT2D eigenvalue weighted by atomic mass is 10.2. The van der Waals surface area contributed by atoms with Crippen molar-refractivity contribution in [2.24, 2.45) is 0 Å². The predicted molar refractivity (Wildman–Crippen MR) is 95.7 cm³/mol. The molecule has 2 amide bonds. The first-order chi connectivity index (χ1) is 12.3. The van der Waals surface area contributed by atoms with Gasteiger partial charge in [0.15, 0.2) is 6.61 Å². The molecule has 0 saturated heterocycles. The minimum Gasteiger partial charge on any atom is -0.482 e. The normalized spacial score (nSPS) is 10.1. The first kappa shape index (κ1) is 19.8. The lowest BCUT2D eigenvalue weighted by molar-refractivity contribution is -0.384. The quantitative estimate of drug-likeness (QED) is 0.571. The van der Waals surface area contributed by atoms with Crippen molar-refractivity contribution in [1.82, 2.24) is 10.9 Å². The van der Waals surface area contributed by atoms with Crippen LogP contribution in [0.1, 0.15) is 10.4 Å². The largest absolute Gasteiger partial charge is 0.482 e. The predicted octanol–water partition coefficient (Wildman–Crippen LogP) is 3.40. The van der Waals surface area contributed by atoms with Gasteiger partial charge in [-0.3, -0.25) is 30.6 Å². The Bertz CT molecular complexity index is 876. The highest BCUT2D eigenvalue weighted by molar-refractivity contribution is 6.35. The summed E-state index contributed by atoms with van der Waals surface area (Å²) in [6, 6.07) is 7.96. The van der Waals surface area contributed by atoms with Crippen molar-refractivity contribution in [1.29, 1.82) is 0 Å². The third kappa shape index (κ3) is 5.22. The fourth-order valence-corrected chi connectivity index (χ4v) is 2.41. The number of carbonyl (C=O) groups is 2. The maximum Gasteiger partial charge on any atom is 0.288 e. The van der Waals surface area contributed by atoms with E-state index in [0.717, 1.165) is 6.07 Å².